The molecule has 0 radical (unpaired) electrons. The number of carbonyl (C=O) groups is 1. The second-order valence-corrected chi connectivity index (χ2v) is 5.41. The van der Waals surface area contributed by atoms with Crippen molar-refractivity contribution in [3.63, 3.8) is 0 Å². The Morgan fingerprint density at radius 2 is 2.04 bits per heavy atom. The van der Waals surface area contributed by atoms with E-state index in [1.54, 1.807) is 12.5 Å². The molecule has 1 aromatic heterocycles. The number of nitrogens with two attached hydrogens (primary N) is 1. The van der Waals surface area contributed by atoms with Gasteiger partial charge in [0.1, 0.15) is 4.88 Å². The minimum atomic E-state index is -0.116. The first-order chi connectivity index (χ1) is 11.7. The second-order valence-electron chi connectivity index (χ2n) is 4.38. The van der Waals surface area contributed by atoms with Crippen LogP contribution in [0.3, 0.4) is 0 Å². The van der Waals surface area contributed by atoms with Crippen molar-refractivity contribution in [3.05, 3.63) is 40.9 Å². The predicted molar refractivity (Wildman–Crippen MR) is 109 cm³/mol. The number of hydrogen-bond donors (Lipinski definition) is 4. The van der Waals surface area contributed by atoms with Crippen LogP contribution in [0.2, 0.25) is 0 Å². The number of rotatable bonds is 6. The fraction of sp³-hybridized carbons (Fsp3) is 0.412. The Kier molecular flexibility index (Phi) is 12.7. The molecule has 0 spiro atoms. The molecule has 24 heavy (non-hydrogen) atoms. The Morgan fingerprint density at radius 1 is 1.33 bits per heavy atom. The number of anilines is 2. The van der Waals surface area contributed by atoms with Gasteiger partial charge in [-0.1, -0.05) is 44.2 Å². The maximum atomic E-state index is 12.0. The molecule has 1 heterocycles. The zero-order valence-corrected chi connectivity index (χ0v) is 16.5. The van der Waals surface area contributed by atoms with Crippen molar-refractivity contribution in [1.82, 2.24) is 10.3 Å². The van der Waals surface area contributed by atoms with E-state index < -0.39 is 0 Å². The number of nitrogens with zero attached hydrogens (tertiary/aromatic N) is 1. The van der Waals surface area contributed by atoms with Gasteiger partial charge in [0.2, 0.25) is 0 Å². The van der Waals surface area contributed by atoms with Crippen molar-refractivity contribution in [2.24, 2.45) is 0 Å². The third-order valence-electron chi connectivity index (χ3n) is 2.66. The average Bonchev–Trinajstić information content (AvgIpc) is 3.10. The number of aromatic nitrogens is 1. The van der Waals surface area contributed by atoms with Gasteiger partial charge in [-0.25, -0.2) is 4.98 Å². The molecule has 4 N–H and O–H groups in total. The molecule has 0 aliphatic rings. The van der Waals surface area contributed by atoms with Crippen molar-refractivity contribution >= 4 is 40.7 Å². The Morgan fingerprint density at radius 3 is 2.67 bits per heavy atom. The lowest BCUT2D eigenvalue weighted by molar-refractivity contribution is 0.0955. The van der Waals surface area contributed by atoms with Gasteiger partial charge in [-0.2, -0.15) is 12.6 Å². The monoisotopic (exact) mass is 368 g/mol. The maximum Gasteiger partial charge on any atom is 0.263 e. The highest BCUT2D eigenvalue weighted by Gasteiger charge is 2.10. The summed E-state index contributed by atoms with van der Waals surface area (Å²) < 4.78 is 0. The van der Waals surface area contributed by atoms with Gasteiger partial charge in [-0.15, -0.1) is 0 Å². The summed E-state index contributed by atoms with van der Waals surface area (Å²) in [7, 11) is 0. The van der Waals surface area contributed by atoms with Crippen molar-refractivity contribution < 1.29 is 4.79 Å². The van der Waals surface area contributed by atoms with Gasteiger partial charge in [0.25, 0.3) is 5.91 Å². The van der Waals surface area contributed by atoms with E-state index in [0.717, 1.165) is 23.7 Å². The molecule has 0 aliphatic carbocycles. The third kappa shape index (κ3) is 8.21. The number of nitrogen functional groups attached to an aromatic ring is 1. The van der Waals surface area contributed by atoms with Crippen LogP contribution in [0, 0.1) is 0 Å². The number of amides is 1. The third-order valence-corrected chi connectivity index (χ3v) is 3.61. The maximum absolute atomic E-state index is 12.0. The normalized spacial score (nSPS) is 9.04. The lowest BCUT2D eigenvalue weighted by Gasteiger charge is -2.04. The van der Waals surface area contributed by atoms with Crippen LogP contribution in [0.25, 0.3) is 0 Å². The van der Waals surface area contributed by atoms with Gasteiger partial charge in [0.15, 0.2) is 5.13 Å². The molecule has 0 unspecified atom stereocenters. The van der Waals surface area contributed by atoms with Crippen LogP contribution >= 0.6 is 24.0 Å². The van der Waals surface area contributed by atoms with Gasteiger partial charge in [0.05, 0.1) is 6.20 Å². The summed E-state index contributed by atoms with van der Waals surface area (Å²) in [4.78, 5) is 16.8. The molecule has 0 fully saturated rings. The molecule has 2 aromatic rings. The second kappa shape index (κ2) is 13.7. The number of thiazole rings is 1. The number of nitrogens with one attached hydrogen (secondary N) is 2. The van der Waals surface area contributed by atoms with Gasteiger partial charge < -0.3 is 16.4 Å². The van der Waals surface area contributed by atoms with Crippen LogP contribution in [0.1, 0.15) is 42.4 Å². The molecule has 0 bridgehead atoms. The van der Waals surface area contributed by atoms with Crippen LogP contribution in [0.4, 0.5) is 10.8 Å². The standard InChI is InChI=1S/C14H18N4OS.C2H6.CH4S/c1-2-6-16-14-18-9-12(20-14)13(19)17-8-10-4-3-5-11(15)7-10;2*1-2/h3-5,7,9H,2,6,8,15H2,1H3,(H,16,18)(H,17,19);1-2H3;2H,1H3. The minimum Gasteiger partial charge on any atom is -0.399 e. The molecule has 1 amide bonds. The largest absolute Gasteiger partial charge is 0.399 e. The smallest absolute Gasteiger partial charge is 0.263 e. The summed E-state index contributed by atoms with van der Waals surface area (Å²) in [5, 5.41) is 6.80. The van der Waals surface area contributed by atoms with E-state index in [9.17, 15) is 4.79 Å². The first-order valence-electron chi connectivity index (χ1n) is 7.96. The average molecular weight is 369 g/mol. The quantitative estimate of drug-likeness (QED) is 0.458. The van der Waals surface area contributed by atoms with E-state index in [1.165, 1.54) is 11.3 Å². The molecular formula is C17H28N4OS2. The van der Waals surface area contributed by atoms with E-state index in [4.69, 9.17) is 5.73 Å². The molecule has 134 valence electrons. The van der Waals surface area contributed by atoms with Gasteiger partial charge in [-0.3, -0.25) is 4.79 Å². The fourth-order valence-electron chi connectivity index (χ4n) is 1.67. The van der Waals surface area contributed by atoms with Crippen molar-refractivity contribution in [2.75, 3.05) is 23.9 Å². The van der Waals surface area contributed by atoms with Gasteiger partial charge >= 0.3 is 0 Å². The summed E-state index contributed by atoms with van der Waals surface area (Å²) in [6.45, 7) is 7.40. The molecule has 2 rings (SSSR count). The first kappa shape index (κ1) is 22.3. The van der Waals surface area contributed by atoms with Crippen molar-refractivity contribution in [1.29, 1.82) is 0 Å². The molecule has 0 saturated carbocycles. The van der Waals surface area contributed by atoms with Crippen LogP contribution in [0.15, 0.2) is 30.5 Å². The molecule has 5 nitrogen and oxygen atoms in total. The summed E-state index contributed by atoms with van der Waals surface area (Å²) in [6, 6.07) is 7.47. The highest BCUT2D eigenvalue weighted by Crippen LogP contribution is 2.18. The first-order valence-corrected chi connectivity index (χ1v) is 9.67. The van der Waals surface area contributed by atoms with E-state index in [0.29, 0.717) is 17.1 Å². The van der Waals surface area contributed by atoms with Crippen LogP contribution in [-0.4, -0.2) is 23.7 Å². The Labute approximate surface area is 154 Å². The Hall–Kier alpha value is -1.73. The summed E-state index contributed by atoms with van der Waals surface area (Å²) >= 11 is 4.89. The molecule has 0 aliphatic heterocycles. The van der Waals surface area contributed by atoms with Gasteiger partial charge in [-0.05, 0) is 30.4 Å². The lowest BCUT2D eigenvalue weighted by atomic mass is 10.2. The molecule has 1 aromatic carbocycles. The number of thiol groups is 1. The van der Waals surface area contributed by atoms with Gasteiger partial charge in [0, 0.05) is 18.8 Å². The summed E-state index contributed by atoms with van der Waals surface area (Å²) in [5.41, 5.74) is 7.37. The SMILES string of the molecule is CC.CCCNc1ncc(C(=O)NCc2cccc(N)c2)s1.CS. The molecular weight excluding hydrogens is 340 g/mol. The van der Waals surface area contributed by atoms with Crippen LogP contribution in [0.5, 0.6) is 0 Å². The Balaban J connectivity index is 0.00000123. The number of hydrogen-bond acceptors (Lipinski definition) is 6. The molecule has 0 atom stereocenters. The van der Waals surface area contributed by atoms with Crippen LogP contribution in [-0.2, 0) is 6.54 Å². The zero-order valence-electron chi connectivity index (χ0n) is 14.8. The molecule has 7 heteroatoms. The van der Waals surface area contributed by atoms with E-state index >= 15 is 0 Å². The Bertz CT molecular complexity index is 587. The van der Waals surface area contributed by atoms with E-state index in [1.807, 2.05) is 38.1 Å². The van der Waals surface area contributed by atoms with Crippen molar-refractivity contribution in [3.8, 4) is 0 Å². The summed E-state index contributed by atoms with van der Waals surface area (Å²) in [6.07, 6.45) is 4.31. The predicted octanol–water partition coefficient (Wildman–Crippen LogP) is 4.05. The van der Waals surface area contributed by atoms with E-state index in [2.05, 4.69) is 35.2 Å². The number of benzene rings is 1. The highest BCUT2D eigenvalue weighted by molar-refractivity contribution is 7.79. The highest BCUT2D eigenvalue weighted by atomic mass is 32.1. The molecule has 0 saturated heterocycles. The topological polar surface area (TPSA) is 80.0 Å². The van der Waals surface area contributed by atoms with Crippen LogP contribution < -0.4 is 16.4 Å². The van der Waals surface area contributed by atoms with E-state index in [-0.39, 0.29) is 5.91 Å². The lowest BCUT2D eigenvalue weighted by Crippen LogP contribution is -2.21. The van der Waals surface area contributed by atoms with Crippen molar-refractivity contribution in [2.45, 2.75) is 33.7 Å². The minimum absolute atomic E-state index is 0.116. The zero-order chi connectivity index (χ0) is 18.4. The summed E-state index contributed by atoms with van der Waals surface area (Å²) in [5.74, 6) is -0.116. The number of carbonyl (C=O) groups excluding carboxylic acids is 1. The fourth-order valence-corrected chi connectivity index (χ4v) is 2.42.